The molecule has 0 heterocycles. The fourth-order valence-corrected chi connectivity index (χ4v) is 1.67. The number of methoxy groups -OCH3 is 2. The molecule has 1 rings (SSSR count). The molecule has 1 aromatic rings. The van der Waals surface area contributed by atoms with Crippen molar-refractivity contribution in [1.82, 2.24) is 0 Å². The molecule has 0 fully saturated rings. The fraction of sp³-hybridized carbons (Fsp3) is 0.286. The van der Waals surface area contributed by atoms with Gasteiger partial charge in [-0.1, -0.05) is 29.4 Å². The summed E-state index contributed by atoms with van der Waals surface area (Å²) >= 11 is 0. The van der Waals surface area contributed by atoms with Crippen molar-refractivity contribution >= 4 is 18.0 Å². The fourth-order valence-electron chi connectivity index (χ4n) is 1.67. The third-order valence-corrected chi connectivity index (χ3v) is 2.72. The lowest BCUT2D eigenvalue weighted by Crippen LogP contribution is -2.04. The molecule has 0 aliphatic heterocycles. The highest BCUT2D eigenvalue weighted by molar-refractivity contribution is 5.93. The zero-order chi connectivity index (χ0) is 15.7. The van der Waals surface area contributed by atoms with E-state index in [0.717, 1.165) is 5.56 Å². The van der Waals surface area contributed by atoms with E-state index < -0.39 is 5.97 Å². The van der Waals surface area contributed by atoms with Crippen LogP contribution in [0, 0.1) is 0 Å². The van der Waals surface area contributed by atoms with Gasteiger partial charge in [0.2, 0.25) is 0 Å². The van der Waals surface area contributed by atoms with Crippen molar-refractivity contribution < 1.29 is 19.1 Å². The second-order valence-corrected chi connectivity index (χ2v) is 3.99. The Hall–Kier alpha value is -2.79. The molecular weight excluding hydrogens is 274 g/mol. The minimum absolute atomic E-state index is 0.148. The van der Waals surface area contributed by atoms with Gasteiger partial charge in [0, 0.05) is 11.3 Å². The van der Waals surface area contributed by atoms with Gasteiger partial charge in [0.1, 0.15) is 5.70 Å². The first-order valence-electron chi connectivity index (χ1n) is 6.12. The van der Waals surface area contributed by atoms with E-state index in [9.17, 15) is 9.59 Å². The van der Waals surface area contributed by atoms with Crippen LogP contribution in [0.5, 0.6) is 0 Å². The zero-order valence-corrected chi connectivity index (χ0v) is 11.8. The van der Waals surface area contributed by atoms with Gasteiger partial charge in [-0.2, -0.15) is 0 Å². The minimum atomic E-state index is -0.726. The van der Waals surface area contributed by atoms with Crippen LogP contribution in [0.4, 0.5) is 0 Å². The van der Waals surface area contributed by atoms with Gasteiger partial charge in [0.25, 0.3) is 0 Å². The molecule has 0 N–H and O–H groups in total. The highest BCUT2D eigenvalue weighted by Crippen LogP contribution is 2.16. The van der Waals surface area contributed by atoms with Crippen LogP contribution < -0.4 is 0 Å². The average molecular weight is 289 g/mol. The molecule has 110 valence electrons. The van der Waals surface area contributed by atoms with Gasteiger partial charge in [-0.05, 0) is 29.2 Å². The Balaban J connectivity index is 3.08. The van der Waals surface area contributed by atoms with Gasteiger partial charge in [-0.25, -0.2) is 4.79 Å². The number of hydrogen-bond acceptors (Lipinski definition) is 5. The standard InChI is InChI=1S/C14H15N3O4/c1-20-13(18)8-7-10-5-3-4-6-11(10)9-12(16-17-15)14(19)21-2/h3-6,9H,7-8H2,1-2H3. The lowest BCUT2D eigenvalue weighted by atomic mass is 10.0. The largest absolute Gasteiger partial charge is 0.469 e. The number of aryl methyl sites for hydroxylation is 1. The third-order valence-electron chi connectivity index (χ3n) is 2.72. The van der Waals surface area contributed by atoms with E-state index in [1.807, 2.05) is 12.1 Å². The number of carbonyl (C=O) groups excluding carboxylic acids is 2. The maximum absolute atomic E-state index is 11.5. The molecule has 7 nitrogen and oxygen atoms in total. The van der Waals surface area contributed by atoms with E-state index in [1.165, 1.54) is 20.3 Å². The summed E-state index contributed by atoms with van der Waals surface area (Å²) in [6.07, 6.45) is 2.10. The number of esters is 2. The maximum atomic E-state index is 11.5. The molecule has 1 aromatic carbocycles. The Bertz CT molecular complexity index is 604. The van der Waals surface area contributed by atoms with Gasteiger partial charge in [-0.15, -0.1) is 0 Å². The van der Waals surface area contributed by atoms with Crippen molar-refractivity contribution in [1.29, 1.82) is 0 Å². The first-order chi connectivity index (χ1) is 10.1. The SMILES string of the molecule is COC(=O)CCc1ccccc1C=C(N=[N+]=[N-])C(=O)OC. The summed E-state index contributed by atoms with van der Waals surface area (Å²) in [5, 5.41) is 3.32. The number of rotatable bonds is 6. The minimum Gasteiger partial charge on any atom is -0.469 e. The van der Waals surface area contributed by atoms with Crippen LogP contribution in [-0.4, -0.2) is 26.2 Å². The normalized spacial score (nSPS) is 10.5. The second-order valence-electron chi connectivity index (χ2n) is 3.99. The van der Waals surface area contributed by atoms with Crippen LogP contribution in [0.15, 0.2) is 35.1 Å². The van der Waals surface area contributed by atoms with Crippen LogP contribution in [0.1, 0.15) is 17.5 Å². The van der Waals surface area contributed by atoms with Gasteiger partial charge in [0.15, 0.2) is 0 Å². The highest BCUT2D eigenvalue weighted by atomic mass is 16.5. The van der Waals surface area contributed by atoms with E-state index >= 15 is 0 Å². The number of carbonyl (C=O) groups is 2. The first-order valence-corrected chi connectivity index (χ1v) is 6.12. The van der Waals surface area contributed by atoms with Crippen molar-refractivity contribution in [2.75, 3.05) is 14.2 Å². The Kier molecular flexibility index (Phi) is 6.50. The highest BCUT2D eigenvalue weighted by Gasteiger charge is 2.10. The van der Waals surface area contributed by atoms with E-state index in [0.29, 0.717) is 12.0 Å². The van der Waals surface area contributed by atoms with Crippen LogP contribution in [0.2, 0.25) is 0 Å². The Morgan fingerprint density at radius 3 is 2.62 bits per heavy atom. The molecular formula is C14H15N3O4. The number of azide groups is 1. The van der Waals surface area contributed by atoms with Crippen molar-refractivity contribution in [3.05, 3.63) is 51.5 Å². The summed E-state index contributed by atoms with van der Waals surface area (Å²) in [7, 11) is 2.53. The molecule has 0 aliphatic rings. The van der Waals surface area contributed by atoms with Crippen molar-refractivity contribution in [3.8, 4) is 0 Å². The Morgan fingerprint density at radius 1 is 1.29 bits per heavy atom. The lowest BCUT2D eigenvalue weighted by Gasteiger charge is -2.06. The number of nitrogens with zero attached hydrogens (tertiary/aromatic N) is 3. The second kappa shape index (κ2) is 8.39. The average Bonchev–Trinajstić information content (AvgIpc) is 2.52. The maximum Gasteiger partial charge on any atom is 0.340 e. The van der Waals surface area contributed by atoms with Crippen LogP contribution >= 0.6 is 0 Å². The van der Waals surface area contributed by atoms with Gasteiger partial charge < -0.3 is 9.47 Å². The lowest BCUT2D eigenvalue weighted by molar-refractivity contribution is -0.140. The summed E-state index contributed by atoms with van der Waals surface area (Å²) in [6.45, 7) is 0. The molecule has 0 aromatic heterocycles. The van der Waals surface area contributed by atoms with E-state index in [2.05, 4.69) is 19.5 Å². The quantitative estimate of drug-likeness (QED) is 0.264. The predicted molar refractivity (Wildman–Crippen MR) is 75.9 cm³/mol. The topological polar surface area (TPSA) is 101 Å². The third kappa shape index (κ3) is 5.00. The molecule has 0 saturated heterocycles. The van der Waals surface area contributed by atoms with E-state index in [1.54, 1.807) is 12.1 Å². The number of benzene rings is 1. The number of ether oxygens (including phenoxy) is 2. The molecule has 0 spiro atoms. The van der Waals surface area contributed by atoms with Crippen molar-refractivity contribution in [3.63, 3.8) is 0 Å². The van der Waals surface area contributed by atoms with E-state index in [-0.39, 0.29) is 18.1 Å². The predicted octanol–water partition coefficient (Wildman–Crippen LogP) is 2.62. The molecule has 0 bridgehead atoms. The summed E-state index contributed by atoms with van der Waals surface area (Å²) in [5.41, 5.74) is 9.84. The van der Waals surface area contributed by atoms with Crippen LogP contribution in [0.3, 0.4) is 0 Å². The summed E-state index contributed by atoms with van der Waals surface area (Å²) in [4.78, 5) is 25.3. The summed E-state index contributed by atoms with van der Waals surface area (Å²) in [5.74, 6) is -1.05. The number of hydrogen-bond donors (Lipinski definition) is 0. The zero-order valence-electron chi connectivity index (χ0n) is 11.8. The molecule has 21 heavy (non-hydrogen) atoms. The van der Waals surface area contributed by atoms with E-state index in [4.69, 9.17) is 5.53 Å². The molecule has 0 radical (unpaired) electrons. The van der Waals surface area contributed by atoms with Gasteiger partial charge in [0.05, 0.1) is 14.2 Å². The Morgan fingerprint density at radius 2 is 2.00 bits per heavy atom. The molecule has 0 atom stereocenters. The van der Waals surface area contributed by atoms with Crippen LogP contribution in [0.25, 0.3) is 16.5 Å². The molecule has 0 unspecified atom stereocenters. The smallest absolute Gasteiger partial charge is 0.340 e. The summed E-state index contributed by atoms with van der Waals surface area (Å²) in [6, 6.07) is 7.16. The monoisotopic (exact) mass is 289 g/mol. The van der Waals surface area contributed by atoms with Gasteiger partial charge >= 0.3 is 11.9 Å². The molecule has 0 amide bonds. The van der Waals surface area contributed by atoms with Gasteiger partial charge in [-0.3, -0.25) is 4.79 Å². The molecule has 0 aliphatic carbocycles. The summed E-state index contributed by atoms with van der Waals surface area (Å²) < 4.78 is 9.14. The Labute approximate surface area is 121 Å². The molecule has 7 heteroatoms. The first kappa shape index (κ1) is 16.3. The van der Waals surface area contributed by atoms with Crippen molar-refractivity contribution in [2.45, 2.75) is 12.8 Å². The molecule has 0 saturated carbocycles. The van der Waals surface area contributed by atoms with Crippen molar-refractivity contribution in [2.24, 2.45) is 5.11 Å². The van der Waals surface area contributed by atoms with Crippen LogP contribution in [-0.2, 0) is 25.5 Å².